The molecule has 0 nitrogen and oxygen atoms in total. The van der Waals surface area contributed by atoms with E-state index in [1.54, 1.807) is 22.8 Å². The molecule has 0 unspecified atom stereocenters. The van der Waals surface area contributed by atoms with E-state index in [4.69, 9.17) is 0 Å². The molecule has 3 heteroatoms. The zero-order valence-electron chi connectivity index (χ0n) is 24.8. The molecule has 0 heterocycles. The molecular weight excluding hydrogens is 592 g/mol. The predicted octanol–water partition coefficient (Wildman–Crippen LogP) is 9.98. The molecule has 0 saturated carbocycles. The Kier molecular flexibility index (Phi) is 7.44. The third kappa shape index (κ3) is 5.06. The van der Waals surface area contributed by atoms with Crippen molar-refractivity contribution in [2.75, 3.05) is 0 Å². The maximum atomic E-state index is 2.78. The van der Waals surface area contributed by atoms with Crippen molar-refractivity contribution in [2.45, 2.75) is 49.3 Å². The third-order valence-corrected chi connectivity index (χ3v) is 21.3. The second kappa shape index (κ2) is 10.7. The number of rotatable bonds is 6. The van der Waals surface area contributed by atoms with Crippen LogP contribution >= 0.6 is 0 Å². The fourth-order valence-electron chi connectivity index (χ4n) is 6.75. The van der Waals surface area contributed by atoms with E-state index in [0.717, 1.165) is 0 Å². The van der Waals surface area contributed by atoms with E-state index in [1.165, 1.54) is 28.7 Å². The first-order valence-electron chi connectivity index (χ1n) is 14.6. The Hall–Kier alpha value is -2.45. The zero-order valence-corrected chi connectivity index (χ0v) is 29.2. The first kappa shape index (κ1) is 27.7. The van der Waals surface area contributed by atoms with Gasteiger partial charge >= 0.3 is 252 Å². The van der Waals surface area contributed by atoms with Gasteiger partial charge in [0.15, 0.2) is 0 Å². The van der Waals surface area contributed by atoms with Gasteiger partial charge in [0.05, 0.1) is 0 Å². The molecule has 0 radical (unpaired) electrons. The van der Waals surface area contributed by atoms with Gasteiger partial charge in [-0.05, 0) is 0 Å². The average molecular weight is 632 g/mol. The first-order chi connectivity index (χ1) is 19.1. The maximum absolute atomic E-state index is 2.78. The van der Waals surface area contributed by atoms with Crippen LogP contribution in [0.25, 0.3) is 11.1 Å². The van der Waals surface area contributed by atoms with Crippen molar-refractivity contribution < 1.29 is 21.3 Å². The minimum absolute atomic E-state index is 0.473. The van der Waals surface area contributed by atoms with Crippen LogP contribution in [-0.2, 0) is 21.3 Å². The molecule has 2 aliphatic carbocycles. The SMILES string of the molecule is C[Si](C)(C)C1=C([Si](C)(C)C)C[C]([Zr](=[C](c2ccccc2)c2ccccc2)[CH]2c3ccccc3-c3ccccc32)=C1. The summed E-state index contributed by atoms with van der Waals surface area (Å²) in [5.74, 6) is 0. The van der Waals surface area contributed by atoms with Crippen LogP contribution < -0.4 is 0 Å². The van der Waals surface area contributed by atoms with Gasteiger partial charge in [-0.1, -0.05) is 0 Å². The van der Waals surface area contributed by atoms with Crippen LogP contribution in [0.2, 0.25) is 39.3 Å². The number of hydrogen-bond donors (Lipinski definition) is 0. The summed E-state index contributed by atoms with van der Waals surface area (Å²) in [6.45, 7) is 15.4. The topological polar surface area (TPSA) is 0 Å². The molecule has 6 rings (SSSR count). The van der Waals surface area contributed by atoms with E-state index in [0.29, 0.717) is 3.63 Å². The summed E-state index contributed by atoms with van der Waals surface area (Å²) >= 11 is -2.68. The molecule has 0 bridgehead atoms. The van der Waals surface area contributed by atoms with Crippen LogP contribution in [0.15, 0.2) is 129 Å². The summed E-state index contributed by atoms with van der Waals surface area (Å²) in [5, 5.41) is 3.60. The zero-order chi connectivity index (χ0) is 28.1. The molecule has 0 amide bonds. The molecule has 4 aromatic carbocycles. The second-order valence-corrected chi connectivity index (χ2v) is 29.8. The number of allylic oxidation sites excluding steroid dienone is 4. The van der Waals surface area contributed by atoms with Gasteiger partial charge in [0.1, 0.15) is 0 Å². The molecule has 0 aromatic heterocycles. The number of fused-ring (bicyclic) bond motifs is 3. The Balaban J connectivity index is 1.72. The molecule has 2 aliphatic rings. The van der Waals surface area contributed by atoms with E-state index >= 15 is 0 Å². The van der Waals surface area contributed by atoms with Gasteiger partial charge in [-0.2, -0.15) is 0 Å². The van der Waals surface area contributed by atoms with Crippen molar-refractivity contribution in [1.82, 2.24) is 0 Å². The van der Waals surface area contributed by atoms with Crippen LogP contribution in [-0.4, -0.2) is 19.4 Å². The fourth-order valence-corrected chi connectivity index (χ4v) is 22.2. The normalized spacial score (nSPS) is 15.1. The fraction of sp³-hybridized carbons (Fsp3) is 0.216. The van der Waals surface area contributed by atoms with Crippen LogP contribution in [0.3, 0.4) is 0 Å². The quantitative estimate of drug-likeness (QED) is 0.186. The number of benzene rings is 4. The Morgan fingerprint density at radius 2 is 1.02 bits per heavy atom. The van der Waals surface area contributed by atoms with E-state index < -0.39 is 37.4 Å². The molecule has 4 aromatic rings. The third-order valence-electron chi connectivity index (χ3n) is 8.59. The van der Waals surface area contributed by atoms with Crippen molar-refractivity contribution in [3.8, 4) is 11.1 Å². The summed E-state index contributed by atoms with van der Waals surface area (Å²) in [5.41, 5.74) is 8.84. The van der Waals surface area contributed by atoms with Crippen LogP contribution in [0.1, 0.15) is 32.3 Å². The van der Waals surface area contributed by atoms with Crippen molar-refractivity contribution in [3.05, 3.63) is 151 Å². The predicted molar refractivity (Wildman–Crippen MR) is 176 cm³/mol. The molecule has 40 heavy (non-hydrogen) atoms. The molecule has 0 saturated heterocycles. The Bertz CT molecular complexity index is 1580. The molecule has 0 fully saturated rings. The van der Waals surface area contributed by atoms with Crippen LogP contribution in [0.4, 0.5) is 0 Å². The van der Waals surface area contributed by atoms with Crippen molar-refractivity contribution in [3.63, 3.8) is 0 Å². The van der Waals surface area contributed by atoms with Crippen molar-refractivity contribution in [1.29, 1.82) is 0 Å². The van der Waals surface area contributed by atoms with E-state index in [9.17, 15) is 0 Å². The summed E-state index contributed by atoms with van der Waals surface area (Å²) in [6.07, 6.45) is 3.98. The van der Waals surface area contributed by atoms with E-state index in [1.807, 2.05) is 5.20 Å². The number of hydrogen-bond acceptors (Lipinski definition) is 0. The van der Waals surface area contributed by atoms with Gasteiger partial charge in [0.2, 0.25) is 0 Å². The van der Waals surface area contributed by atoms with E-state index in [-0.39, 0.29) is 0 Å². The summed E-state index contributed by atoms with van der Waals surface area (Å²) in [6, 6.07) is 41.4. The molecule has 0 N–H and O–H groups in total. The van der Waals surface area contributed by atoms with Gasteiger partial charge in [0, 0.05) is 0 Å². The first-order valence-corrected chi connectivity index (χ1v) is 25.5. The summed E-state index contributed by atoms with van der Waals surface area (Å²) in [4.78, 5) is 0. The summed E-state index contributed by atoms with van der Waals surface area (Å²) in [7, 11) is -2.98. The second-order valence-electron chi connectivity index (χ2n) is 13.4. The standard InChI is InChI=1S/C13H9.C13H10.C11H21Si2.Zr/c1-3-7-12-10(5-1)9-11-6-2-4-8-13(11)12;1-3-7-12(8-4-1)11-13-9-5-2-6-10-13;1-12(2,3)10-8-7-9-11(10)13(4,5)6;/h1-9H;1-10H;8H,9H2,1-6H3;. The van der Waals surface area contributed by atoms with Gasteiger partial charge in [-0.25, -0.2) is 0 Å². The van der Waals surface area contributed by atoms with E-state index in [2.05, 4.69) is 155 Å². The molecule has 0 atom stereocenters. The van der Waals surface area contributed by atoms with Gasteiger partial charge in [-0.3, -0.25) is 0 Å². The Morgan fingerprint density at radius 3 is 1.45 bits per heavy atom. The molecule has 200 valence electrons. The van der Waals surface area contributed by atoms with Crippen LogP contribution in [0, 0.1) is 0 Å². The monoisotopic (exact) mass is 630 g/mol. The average Bonchev–Trinajstić information content (AvgIpc) is 3.54. The summed E-state index contributed by atoms with van der Waals surface area (Å²) < 4.78 is 3.93. The minimum atomic E-state index is -2.68. The van der Waals surface area contributed by atoms with Gasteiger partial charge in [-0.15, -0.1) is 0 Å². The van der Waals surface area contributed by atoms with Gasteiger partial charge in [0.25, 0.3) is 0 Å². The van der Waals surface area contributed by atoms with Crippen LogP contribution in [0.5, 0.6) is 0 Å². The molecule has 0 aliphatic heterocycles. The van der Waals surface area contributed by atoms with Crippen molar-refractivity contribution in [2.24, 2.45) is 0 Å². The Labute approximate surface area is 250 Å². The molecular formula is C37H40Si2Zr. The Morgan fingerprint density at radius 1 is 0.575 bits per heavy atom. The van der Waals surface area contributed by atoms with Crippen molar-refractivity contribution >= 4 is 19.4 Å². The van der Waals surface area contributed by atoms with Gasteiger partial charge < -0.3 is 0 Å². The molecule has 0 spiro atoms.